The number of carbonyl (C=O) groups is 1. The van der Waals surface area contributed by atoms with Gasteiger partial charge >= 0.3 is 0 Å². The number of hydrogen-bond donors (Lipinski definition) is 3. The van der Waals surface area contributed by atoms with Crippen LogP contribution >= 0.6 is 11.3 Å². The fourth-order valence-electron chi connectivity index (χ4n) is 1.34. The Balaban J connectivity index is 2.13. The van der Waals surface area contributed by atoms with Crippen LogP contribution in [0.1, 0.15) is 10.5 Å². The summed E-state index contributed by atoms with van der Waals surface area (Å²) in [6.07, 6.45) is 0. The second kappa shape index (κ2) is 5.34. The van der Waals surface area contributed by atoms with Crippen LogP contribution in [0.15, 0.2) is 35.2 Å². The van der Waals surface area contributed by atoms with Gasteiger partial charge in [0.1, 0.15) is 5.69 Å². The third-order valence-electron chi connectivity index (χ3n) is 2.05. The normalized spacial score (nSPS) is 11.0. The van der Waals surface area contributed by atoms with Crippen LogP contribution in [-0.2, 0) is 10.2 Å². The number of hydrogen-bond acceptors (Lipinski definition) is 5. The van der Waals surface area contributed by atoms with Crippen molar-refractivity contribution >= 4 is 38.8 Å². The van der Waals surface area contributed by atoms with E-state index in [9.17, 15) is 13.2 Å². The van der Waals surface area contributed by atoms with E-state index in [4.69, 9.17) is 5.14 Å². The second-order valence-electron chi connectivity index (χ2n) is 3.56. The summed E-state index contributed by atoms with van der Waals surface area (Å²) in [7, 11) is -3.84. The number of rotatable bonds is 4. The van der Waals surface area contributed by atoms with Crippen LogP contribution in [-0.4, -0.2) is 19.3 Å². The number of nitrogens with zero attached hydrogens (tertiary/aromatic N) is 1. The van der Waals surface area contributed by atoms with Crippen LogP contribution in [0.5, 0.6) is 0 Å². The molecule has 19 heavy (non-hydrogen) atoms. The van der Waals surface area contributed by atoms with Gasteiger partial charge in [-0.15, -0.1) is 11.3 Å². The lowest BCUT2D eigenvalue weighted by molar-refractivity contribution is 0.102. The minimum absolute atomic E-state index is 0.263. The van der Waals surface area contributed by atoms with E-state index in [-0.39, 0.29) is 11.6 Å². The van der Waals surface area contributed by atoms with Crippen LogP contribution in [0.3, 0.4) is 0 Å². The molecule has 1 aromatic heterocycles. The molecule has 0 spiro atoms. The van der Waals surface area contributed by atoms with E-state index < -0.39 is 10.2 Å². The summed E-state index contributed by atoms with van der Waals surface area (Å²) in [4.78, 5) is 15.6. The summed E-state index contributed by atoms with van der Waals surface area (Å²) < 4.78 is 23.9. The standard InChI is InChI=1S/C10H10N4O3S2/c11-19(16,17)14-8-3-1-2-7(4-8)13-10(15)9-5-18-6-12-9/h1-6,14H,(H,13,15)(H2,11,16,17). The number of nitrogens with one attached hydrogen (secondary N) is 2. The van der Waals surface area contributed by atoms with Crippen molar-refractivity contribution < 1.29 is 13.2 Å². The average Bonchev–Trinajstić information content (AvgIpc) is 2.80. The highest BCUT2D eigenvalue weighted by atomic mass is 32.2. The molecule has 1 aromatic carbocycles. The quantitative estimate of drug-likeness (QED) is 0.781. The Morgan fingerprint density at radius 3 is 2.68 bits per heavy atom. The summed E-state index contributed by atoms with van der Waals surface area (Å²) in [5.41, 5.74) is 2.55. The smallest absolute Gasteiger partial charge is 0.296 e. The SMILES string of the molecule is NS(=O)(=O)Nc1cccc(NC(=O)c2cscn2)c1. The molecular formula is C10H10N4O3S2. The average molecular weight is 298 g/mol. The lowest BCUT2D eigenvalue weighted by Crippen LogP contribution is -2.21. The molecule has 0 aliphatic heterocycles. The fraction of sp³-hybridized carbons (Fsp3) is 0. The lowest BCUT2D eigenvalue weighted by Gasteiger charge is -2.07. The minimum Gasteiger partial charge on any atom is -0.321 e. The number of nitrogens with two attached hydrogens (primary N) is 1. The number of aromatic nitrogens is 1. The maximum absolute atomic E-state index is 11.7. The fourth-order valence-corrected chi connectivity index (χ4v) is 2.33. The molecule has 4 N–H and O–H groups in total. The molecule has 0 fully saturated rings. The molecule has 1 heterocycles. The van der Waals surface area contributed by atoms with Gasteiger partial charge in [-0.05, 0) is 18.2 Å². The Morgan fingerprint density at radius 1 is 1.32 bits per heavy atom. The summed E-state index contributed by atoms with van der Waals surface area (Å²) in [6, 6.07) is 6.18. The molecule has 100 valence electrons. The van der Waals surface area contributed by atoms with E-state index in [2.05, 4.69) is 15.0 Å². The van der Waals surface area contributed by atoms with Crippen LogP contribution in [0.25, 0.3) is 0 Å². The van der Waals surface area contributed by atoms with E-state index in [0.717, 1.165) is 0 Å². The molecule has 0 saturated carbocycles. The third kappa shape index (κ3) is 4.02. The first-order chi connectivity index (χ1) is 8.94. The molecule has 0 aliphatic carbocycles. The van der Waals surface area contributed by atoms with Gasteiger partial charge in [0.25, 0.3) is 16.1 Å². The molecule has 1 amide bonds. The van der Waals surface area contributed by atoms with Gasteiger partial charge in [-0.25, -0.2) is 10.1 Å². The predicted molar refractivity (Wildman–Crippen MR) is 73.2 cm³/mol. The molecule has 2 rings (SSSR count). The van der Waals surface area contributed by atoms with E-state index in [1.54, 1.807) is 23.0 Å². The zero-order chi connectivity index (χ0) is 13.9. The molecule has 2 aromatic rings. The second-order valence-corrected chi connectivity index (χ2v) is 5.57. The van der Waals surface area contributed by atoms with Gasteiger partial charge in [-0.2, -0.15) is 8.42 Å². The van der Waals surface area contributed by atoms with Crippen molar-refractivity contribution in [3.8, 4) is 0 Å². The molecule has 0 aliphatic rings. The van der Waals surface area contributed by atoms with Gasteiger partial charge in [-0.1, -0.05) is 6.07 Å². The molecule has 0 bridgehead atoms. The zero-order valence-electron chi connectivity index (χ0n) is 9.53. The largest absolute Gasteiger partial charge is 0.321 e. The zero-order valence-corrected chi connectivity index (χ0v) is 11.2. The Kier molecular flexibility index (Phi) is 3.79. The topological polar surface area (TPSA) is 114 Å². The molecule has 7 nitrogen and oxygen atoms in total. The Hall–Kier alpha value is -1.97. The van der Waals surface area contributed by atoms with Gasteiger partial charge in [-0.3, -0.25) is 9.52 Å². The highest BCUT2D eigenvalue weighted by Crippen LogP contribution is 2.16. The molecular weight excluding hydrogens is 288 g/mol. The maximum Gasteiger partial charge on any atom is 0.296 e. The molecule has 0 radical (unpaired) electrons. The number of amides is 1. The van der Waals surface area contributed by atoms with Gasteiger partial charge in [0.05, 0.1) is 11.2 Å². The van der Waals surface area contributed by atoms with Crippen LogP contribution in [0.4, 0.5) is 11.4 Å². The van der Waals surface area contributed by atoms with Gasteiger partial charge < -0.3 is 5.32 Å². The van der Waals surface area contributed by atoms with Crippen LogP contribution < -0.4 is 15.2 Å². The Morgan fingerprint density at radius 2 is 2.05 bits per heavy atom. The monoisotopic (exact) mass is 298 g/mol. The van der Waals surface area contributed by atoms with Crippen LogP contribution in [0, 0.1) is 0 Å². The van der Waals surface area contributed by atoms with Crippen molar-refractivity contribution in [1.82, 2.24) is 4.98 Å². The summed E-state index contributed by atoms with van der Waals surface area (Å²) in [5, 5.41) is 9.07. The van der Waals surface area contributed by atoms with Crippen molar-refractivity contribution in [2.75, 3.05) is 10.0 Å². The molecule has 0 unspecified atom stereocenters. The molecule has 0 saturated heterocycles. The number of anilines is 2. The predicted octanol–water partition coefficient (Wildman–Crippen LogP) is 1.01. The highest BCUT2D eigenvalue weighted by Gasteiger charge is 2.09. The van der Waals surface area contributed by atoms with E-state index in [0.29, 0.717) is 11.4 Å². The lowest BCUT2D eigenvalue weighted by atomic mass is 10.3. The van der Waals surface area contributed by atoms with Crippen LogP contribution in [0.2, 0.25) is 0 Å². The first-order valence-electron chi connectivity index (χ1n) is 5.04. The highest BCUT2D eigenvalue weighted by molar-refractivity contribution is 7.90. The maximum atomic E-state index is 11.7. The van der Waals surface area contributed by atoms with Crippen molar-refractivity contribution in [3.05, 3.63) is 40.8 Å². The first-order valence-corrected chi connectivity index (χ1v) is 7.53. The van der Waals surface area contributed by atoms with Crippen molar-refractivity contribution in [2.24, 2.45) is 5.14 Å². The third-order valence-corrected chi connectivity index (χ3v) is 3.15. The summed E-state index contributed by atoms with van der Waals surface area (Å²) in [5.74, 6) is -0.367. The van der Waals surface area contributed by atoms with Gasteiger partial charge in [0.2, 0.25) is 0 Å². The number of thiazole rings is 1. The summed E-state index contributed by atoms with van der Waals surface area (Å²) in [6.45, 7) is 0. The van der Waals surface area contributed by atoms with Crippen molar-refractivity contribution in [2.45, 2.75) is 0 Å². The minimum atomic E-state index is -3.84. The molecule has 0 atom stereocenters. The van der Waals surface area contributed by atoms with E-state index in [1.165, 1.54) is 23.5 Å². The van der Waals surface area contributed by atoms with Gasteiger partial charge in [0, 0.05) is 11.1 Å². The van der Waals surface area contributed by atoms with E-state index in [1.807, 2.05) is 0 Å². The molecule has 9 heteroatoms. The summed E-state index contributed by atoms with van der Waals surface area (Å²) >= 11 is 1.31. The Bertz CT molecular complexity index is 683. The van der Waals surface area contributed by atoms with E-state index >= 15 is 0 Å². The number of carbonyl (C=O) groups excluding carboxylic acids is 1. The number of benzene rings is 1. The van der Waals surface area contributed by atoms with Crippen molar-refractivity contribution in [1.29, 1.82) is 0 Å². The van der Waals surface area contributed by atoms with Gasteiger partial charge in [0.15, 0.2) is 0 Å². The Labute approximate surface area is 113 Å². The van der Waals surface area contributed by atoms with Crippen molar-refractivity contribution in [3.63, 3.8) is 0 Å². The first kappa shape index (κ1) is 13.5.